The molecule has 0 bridgehead atoms. The summed E-state index contributed by atoms with van der Waals surface area (Å²) in [7, 11) is 1.69. The Morgan fingerprint density at radius 1 is 1.25 bits per heavy atom. The summed E-state index contributed by atoms with van der Waals surface area (Å²) < 4.78 is 5.58. The second kappa shape index (κ2) is 7.39. The normalized spacial score (nSPS) is 25.5. The third-order valence-corrected chi connectivity index (χ3v) is 5.45. The lowest BCUT2D eigenvalue weighted by molar-refractivity contribution is -0.117. The van der Waals surface area contributed by atoms with Gasteiger partial charge < -0.3 is 15.4 Å². The zero-order chi connectivity index (χ0) is 17.1. The van der Waals surface area contributed by atoms with Gasteiger partial charge in [0.25, 0.3) is 0 Å². The Labute approximate surface area is 144 Å². The number of carbonyl (C=O) groups is 1. The highest BCUT2D eigenvalue weighted by molar-refractivity contribution is 5.98. The average Bonchev–Trinajstić information content (AvgIpc) is 2.93. The Morgan fingerprint density at radius 2 is 2.00 bits per heavy atom. The zero-order valence-electron chi connectivity index (χ0n) is 14.9. The molecule has 0 radical (unpaired) electrons. The third kappa shape index (κ3) is 3.34. The van der Waals surface area contributed by atoms with Crippen molar-refractivity contribution in [3.63, 3.8) is 0 Å². The van der Waals surface area contributed by atoms with Crippen LogP contribution in [0.15, 0.2) is 35.4 Å². The number of amides is 1. The van der Waals surface area contributed by atoms with Crippen molar-refractivity contribution >= 4 is 5.91 Å². The van der Waals surface area contributed by atoms with Crippen LogP contribution in [0.25, 0.3) is 0 Å². The van der Waals surface area contributed by atoms with E-state index >= 15 is 0 Å². The van der Waals surface area contributed by atoms with Crippen molar-refractivity contribution in [3.05, 3.63) is 41.0 Å². The van der Waals surface area contributed by atoms with Gasteiger partial charge in [0, 0.05) is 23.7 Å². The van der Waals surface area contributed by atoms with E-state index in [9.17, 15) is 4.79 Å². The van der Waals surface area contributed by atoms with E-state index in [2.05, 4.69) is 23.6 Å². The standard InChI is InChI=1S/C20H28N2O2/c1-13-8-4-6-10-16(13)22-19(18-14(2)12-21-20(18)23)15-9-5-7-11-17(15)24-3/h5,7,9,11,13,16,19,22H,4,6,8,10,12H2,1-3H3,(H,21,23)/t13-,16-,19-/m1/s1. The first kappa shape index (κ1) is 17.0. The summed E-state index contributed by atoms with van der Waals surface area (Å²) in [5, 5.41) is 6.76. The zero-order valence-corrected chi connectivity index (χ0v) is 14.9. The van der Waals surface area contributed by atoms with Crippen LogP contribution >= 0.6 is 0 Å². The molecular formula is C20H28N2O2. The second-order valence-electron chi connectivity index (χ2n) is 7.09. The predicted octanol–water partition coefficient (Wildman–Crippen LogP) is 3.35. The van der Waals surface area contributed by atoms with Gasteiger partial charge in [-0.15, -0.1) is 0 Å². The molecule has 1 aromatic rings. The lowest BCUT2D eigenvalue weighted by Crippen LogP contribution is -2.41. The average molecular weight is 328 g/mol. The lowest BCUT2D eigenvalue weighted by Gasteiger charge is -2.34. The maximum absolute atomic E-state index is 12.5. The van der Waals surface area contributed by atoms with Gasteiger partial charge in [0.15, 0.2) is 0 Å². The van der Waals surface area contributed by atoms with E-state index in [1.54, 1.807) is 7.11 Å². The molecule has 24 heavy (non-hydrogen) atoms. The number of methoxy groups -OCH3 is 1. The van der Waals surface area contributed by atoms with E-state index < -0.39 is 0 Å². The van der Waals surface area contributed by atoms with Gasteiger partial charge in [-0.05, 0) is 37.3 Å². The molecule has 130 valence electrons. The number of hydrogen-bond donors (Lipinski definition) is 2. The van der Waals surface area contributed by atoms with Gasteiger partial charge in [-0.2, -0.15) is 0 Å². The number of nitrogens with one attached hydrogen (secondary N) is 2. The summed E-state index contributed by atoms with van der Waals surface area (Å²) in [5.41, 5.74) is 3.02. The molecule has 3 rings (SSSR count). The van der Waals surface area contributed by atoms with E-state index in [0.29, 0.717) is 18.5 Å². The predicted molar refractivity (Wildman–Crippen MR) is 96.0 cm³/mol. The van der Waals surface area contributed by atoms with Crippen LogP contribution in [0.5, 0.6) is 5.75 Å². The van der Waals surface area contributed by atoms with Crippen molar-refractivity contribution in [2.24, 2.45) is 5.92 Å². The Morgan fingerprint density at radius 3 is 2.67 bits per heavy atom. The Kier molecular flexibility index (Phi) is 5.24. The van der Waals surface area contributed by atoms with Crippen LogP contribution in [0, 0.1) is 5.92 Å². The third-order valence-electron chi connectivity index (χ3n) is 5.45. The lowest BCUT2D eigenvalue weighted by atomic mass is 9.84. The Balaban J connectivity index is 1.98. The minimum absolute atomic E-state index is 0.0411. The fourth-order valence-electron chi connectivity index (χ4n) is 3.99. The summed E-state index contributed by atoms with van der Waals surface area (Å²) in [5.74, 6) is 1.50. The summed E-state index contributed by atoms with van der Waals surface area (Å²) in [6, 6.07) is 8.34. The van der Waals surface area contributed by atoms with E-state index in [-0.39, 0.29) is 11.9 Å². The highest BCUT2D eigenvalue weighted by Crippen LogP contribution is 2.35. The summed E-state index contributed by atoms with van der Waals surface area (Å²) in [6.07, 6.45) is 4.98. The summed E-state index contributed by atoms with van der Waals surface area (Å²) >= 11 is 0. The topological polar surface area (TPSA) is 50.4 Å². The number of para-hydroxylation sites is 1. The Bertz CT molecular complexity index is 638. The molecule has 1 aliphatic carbocycles. The first-order chi connectivity index (χ1) is 11.6. The summed E-state index contributed by atoms with van der Waals surface area (Å²) in [4.78, 5) is 12.5. The van der Waals surface area contributed by atoms with Crippen molar-refractivity contribution in [1.82, 2.24) is 10.6 Å². The molecule has 1 fully saturated rings. The van der Waals surface area contributed by atoms with Crippen molar-refractivity contribution in [2.45, 2.75) is 51.6 Å². The second-order valence-corrected chi connectivity index (χ2v) is 7.09. The van der Waals surface area contributed by atoms with Crippen LogP contribution in [0.3, 0.4) is 0 Å². The van der Waals surface area contributed by atoms with Gasteiger partial charge in [0.1, 0.15) is 5.75 Å². The first-order valence-electron chi connectivity index (χ1n) is 8.98. The van der Waals surface area contributed by atoms with E-state index in [4.69, 9.17) is 4.74 Å². The molecule has 1 saturated carbocycles. The fraction of sp³-hybridized carbons (Fsp3) is 0.550. The fourth-order valence-corrected chi connectivity index (χ4v) is 3.99. The van der Waals surface area contributed by atoms with E-state index in [1.807, 2.05) is 25.1 Å². The maximum atomic E-state index is 12.5. The van der Waals surface area contributed by atoms with Gasteiger partial charge in [0.2, 0.25) is 5.91 Å². The van der Waals surface area contributed by atoms with E-state index in [1.165, 1.54) is 25.7 Å². The molecule has 1 aliphatic heterocycles. The quantitative estimate of drug-likeness (QED) is 0.871. The van der Waals surface area contributed by atoms with Gasteiger partial charge >= 0.3 is 0 Å². The van der Waals surface area contributed by atoms with Gasteiger partial charge in [-0.1, -0.05) is 38.0 Å². The molecule has 4 nitrogen and oxygen atoms in total. The number of ether oxygens (including phenoxy) is 1. The SMILES string of the molecule is COc1ccccc1[C@@H](N[C@@H]1CCCC[C@H]1C)C1=C(C)CNC1=O. The number of hydrogen-bond acceptors (Lipinski definition) is 3. The molecule has 1 aromatic carbocycles. The van der Waals surface area contributed by atoms with Crippen LogP contribution in [-0.2, 0) is 4.79 Å². The van der Waals surface area contributed by atoms with E-state index in [0.717, 1.165) is 22.5 Å². The highest BCUT2D eigenvalue weighted by Gasteiger charge is 2.33. The number of benzene rings is 1. The monoisotopic (exact) mass is 328 g/mol. The molecule has 3 atom stereocenters. The molecule has 0 unspecified atom stereocenters. The van der Waals surface area contributed by atoms with Crippen LogP contribution in [0.4, 0.5) is 0 Å². The summed E-state index contributed by atoms with van der Waals surface area (Å²) in [6.45, 7) is 5.00. The first-order valence-corrected chi connectivity index (χ1v) is 8.98. The smallest absolute Gasteiger partial charge is 0.249 e. The molecule has 4 heteroatoms. The molecule has 0 saturated heterocycles. The van der Waals surface area contributed by atoms with Crippen molar-refractivity contribution in [3.8, 4) is 5.75 Å². The molecular weight excluding hydrogens is 300 g/mol. The molecule has 0 spiro atoms. The molecule has 2 aliphatic rings. The van der Waals surface area contributed by atoms with Crippen LogP contribution < -0.4 is 15.4 Å². The van der Waals surface area contributed by atoms with Gasteiger partial charge in [-0.3, -0.25) is 4.79 Å². The van der Waals surface area contributed by atoms with Crippen molar-refractivity contribution in [1.29, 1.82) is 0 Å². The van der Waals surface area contributed by atoms with Gasteiger partial charge in [-0.25, -0.2) is 0 Å². The molecule has 1 heterocycles. The number of carbonyl (C=O) groups excluding carboxylic acids is 1. The highest BCUT2D eigenvalue weighted by atomic mass is 16.5. The largest absolute Gasteiger partial charge is 0.496 e. The molecule has 2 N–H and O–H groups in total. The maximum Gasteiger partial charge on any atom is 0.249 e. The molecule has 0 aromatic heterocycles. The number of rotatable bonds is 5. The van der Waals surface area contributed by atoms with Crippen molar-refractivity contribution in [2.75, 3.05) is 13.7 Å². The Hall–Kier alpha value is -1.81. The minimum atomic E-state index is -0.116. The van der Waals surface area contributed by atoms with Crippen LogP contribution in [-0.4, -0.2) is 25.6 Å². The minimum Gasteiger partial charge on any atom is -0.496 e. The van der Waals surface area contributed by atoms with Crippen molar-refractivity contribution < 1.29 is 9.53 Å². The van der Waals surface area contributed by atoms with Gasteiger partial charge in [0.05, 0.1) is 13.2 Å². The molecule has 1 amide bonds. The van der Waals surface area contributed by atoms with Crippen LogP contribution in [0.1, 0.15) is 51.1 Å². The van der Waals surface area contributed by atoms with Crippen LogP contribution in [0.2, 0.25) is 0 Å².